The van der Waals surface area contributed by atoms with Crippen LogP contribution in [0.4, 0.5) is 18.9 Å². The number of amides is 2. The van der Waals surface area contributed by atoms with Crippen molar-refractivity contribution in [2.75, 3.05) is 51.3 Å². The number of hydrogen-bond acceptors (Lipinski definition) is 6. The summed E-state index contributed by atoms with van der Waals surface area (Å²) in [4.78, 5) is 30.9. The summed E-state index contributed by atoms with van der Waals surface area (Å²) in [5.41, 5.74) is 8.62. The molecule has 2 fully saturated rings. The summed E-state index contributed by atoms with van der Waals surface area (Å²) in [6.07, 6.45) is -3.60. The van der Waals surface area contributed by atoms with E-state index in [2.05, 4.69) is 10.2 Å². The van der Waals surface area contributed by atoms with E-state index in [0.717, 1.165) is 48.9 Å². The molecular weight excluding hydrogens is 575 g/mol. The van der Waals surface area contributed by atoms with E-state index >= 15 is 0 Å². The highest BCUT2D eigenvalue weighted by Crippen LogP contribution is 2.39. The average Bonchev–Trinajstić information content (AvgIpc) is 2.92. The second-order valence-corrected chi connectivity index (χ2v) is 12.4. The molecule has 2 aromatic rings. The first-order valence-electron chi connectivity index (χ1n) is 13.7. The van der Waals surface area contributed by atoms with Gasteiger partial charge in [0.15, 0.2) is 0 Å². The van der Waals surface area contributed by atoms with Gasteiger partial charge in [-0.25, -0.2) is 0 Å². The van der Waals surface area contributed by atoms with Crippen LogP contribution < -0.4 is 11.1 Å². The third-order valence-electron chi connectivity index (χ3n) is 7.65. The van der Waals surface area contributed by atoms with Crippen molar-refractivity contribution in [1.82, 2.24) is 14.7 Å². The fraction of sp³-hybridized carbons (Fsp3) is 0.517. The number of hydrogen-bond donors (Lipinski definition) is 2. The van der Waals surface area contributed by atoms with Crippen LogP contribution in [0.5, 0.6) is 0 Å². The molecule has 7 nitrogen and oxygen atoms in total. The Morgan fingerprint density at radius 1 is 1.15 bits per heavy atom. The highest BCUT2D eigenvalue weighted by atomic mass is 35.5. The number of piperidine rings is 1. The molecule has 0 aromatic heterocycles. The smallest absolute Gasteiger partial charge is 0.379 e. The van der Waals surface area contributed by atoms with E-state index in [1.165, 1.54) is 4.90 Å². The summed E-state index contributed by atoms with van der Waals surface area (Å²) in [6.45, 7) is 3.15. The Balaban J connectivity index is 1.24. The number of anilines is 1. The van der Waals surface area contributed by atoms with Gasteiger partial charge in [-0.15, -0.1) is 11.8 Å². The monoisotopic (exact) mass is 611 g/mol. The first-order valence-corrected chi connectivity index (χ1v) is 15.1. The standard InChI is InChI=1S/C29H37ClF3N5O2S/c1-36(2)28(40)23-12-20(15-34)25(13-24(23)30)35-21-16-38(17-21)22-8-10-37(11-9-22)27(39)18-41-26(14-29(31,32)33)19-6-4-3-5-7-19/h3-7,12-13,21-22,26,35H,8-11,14-18,34H2,1-2H3. The minimum atomic E-state index is -4.30. The van der Waals surface area contributed by atoms with Crippen LogP contribution in [0.1, 0.15) is 46.0 Å². The highest BCUT2D eigenvalue weighted by molar-refractivity contribution is 8.00. The van der Waals surface area contributed by atoms with Crippen molar-refractivity contribution < 1.29 is 22.8 Å². The van der Waals surface area contributed by atoms with E-state index in [1.54, 1.807) is 61.5 Å². The third-order valence-corrected chi connectivity index (χ3v) is 9.22. The normalized spacial score (nSPS) is 17.7. The minimum Gasteiger partial charge on any atom is -0.379 e. The molecule has 1 unspecified atom stereocenters. The Morgan fingerprint density at radius 3 is 2.39 bits per heavy atom. The molecule has 2 aromatic carbocycles. The van der Waals surface area contributed by atoms with Crippen molar-refractivity contribution in [3.8, 4) is 0 Å². The summed E-state index contributed by atoms with van der Waals surface area (Å²) in [5.74, 6) is -0.255. The van der Waals surface area contributed by atoms with Gasteiger partial charge in [0.1, 0.15) is 0 Å². The number of alkyl halides is 3. The van der Waals surface area contributed by atoms with E-state index < -0.39 is 17.8 Å². The molecule has 224 valence electrons. The van der Waals surface area contributed by atoms with Crippen molar-refractivity contribution in [1.29, 1.82) is 0 Å². The van der Waals surface area contributed by atoms with Crippen LogP contribution in [0.25, 0.3) is 0 Å². The fourth-order valence-corrected chi connectivity index (χ4v) is 6.77. The Hall–Kier alpha value is -2.47. The first-order chi connectivity index (χ1) is 19.4. The van der Waals surface area contributed by atoms with Gasteiger partial charge in [-0.3, -0.25) is 14.5 Å². The largest absolute Gasteiger partial charge is 0.390 e. The lowest BCUT2D eigenvalue weighted by atomic mass is 9.97. The number of thioether (sulfide) groups is 1. The number of carbonyl (C=O) groups is 2. The quantitative estimate of drug-likeness (QED) is 0.393. The van der Waals surface area contributed by atoms with Crippen LogP contribution in [0, 0.1) is 0 Å². The van der Waals surface area contributed by atoms with E-state index in [4.69, 9.17) is 17.3 Å². The molecule has 2 aliphatic heterocycles. The van der Waals surface area contributed by atoms with Gasteiger partial charge in [-0.1, -0.05) is 41.9 Å². The molecule has 2 heterocycles. The van der Waals surface area contributed by atoms with Crippen molar-refractivity contribution >= 4 is 40.9 Å². The highest BCUT2D eigenvalue weighted by Gasteiger charge is 2.36. The minimum absolute atomic E-state index is 0.0288. The van der Waals surface area contributed by atoms with E-state index in [-0.39, 0.29) is 30.2 Å². The maximum Gasteiger partial charge on any atom is 0.390 e. The number of nitrogens with one attached hydrogen (secondary N) is 1. The molecule has 4 rings (SSSR count). The topological polar surface area (TPSA) is 81.9 Å². The molecule has 0 aliphatic carbocycles. The van der Waals surface area contributed by atoms with Crippen LogP contribution in [0.3, 0.4) is 0 Å². The summed E-state index contributed by atoms with van der Waals surface area (Å²) >= 11 is 7.47. The molecule has 0 saturated carbocycles. The van der Waals surface area contributed by atoms with Crippen molar-refractivity contribution in [3.63, 3.8) is 0 Å². The molecule has 0 spiro atoms. The third kappa shape index (κ3) is 8.30. The van der Waals surface area contributed by atoms with Gasteiger partial charge >= 0.3 is 6.18 Å². The number of carbonyl (C=O) groups excluding carboxylic acids is 2. The van der Waals surface area contributed by atoms with Gasteiger partial charge in [0.25, 0.3) is 5.91 Å². The molecule has 41 heavy (non-hydrogen) atoms. The zero-order chi connectivity index (χ0) is 29.7. The van der Waals surface area contributed by atoms with Crippen LogP contribution in [0.2, 0.25) is 5.02 Å². The molecule has 0 radical (unpaired) electrons. The summed E-state index contributed by atoms with van der Waals surface area (Å²) in [7, 11) is 3.35. The lowest BCUT2D eigenvalue weighted by Gasteiger charge is -2.47. The Morgan fingerprint density at radius 2 is 1.80 bits per heavy atom. The van der Waals surface area contributed by atoms with Gasteiger partial charge in [-0.05, 0) is 36.1 Å². The Kier molecular flexibility index (Phi) is 10.5. The molecule has 3 N–H and O–H groups in total. The fourth-order valence-electron chi connectivity index (χ4n) is 5.34. The number of likely N-dealkylation sites (tertiary alicyclic amines) is 2. The molecular formula is C29H37ClF3N5O2S. The average molecular weight is 612 g/mol. The SMILES string of the molecule is CN(C)C(=O)c1cc(CN)c(NC2CN(C3CCN(C(=O)CSC(CC(F)(F)F)c4ccccc4)CC3)C2)cc1Cl. The second kappa shape index (κ2) is 13.7. The maximum atomic E-state index is 13.2. The molecule has 2 saturated heterocycles. The van der Waals surface area contributed by atoms with Crippen molar-refractivity contribution in [2.24, 2.45) is 5.73 Å². The number of rotatable bonds is 10. The van der Waals surface area contributed by atoms with E-state index in [0.29, 0.717) is 35.3 Å². The number of halogens is 4. The Bertz CT molecular complexity index is 1200. The first kappa shape index (κ1) is 31.5. The number of nitrogens with zero attached hydrogens (tertiary/aromatic N) is 3. The summed E-state index contributed by atoms with van der Waals surface area (Å²) < 4.78 is 39.5. The zero-order valence-electron chi connectivity index (χ0n) is 23.3. The number of benzene rings is 2. The Labute approximate surface area is 248 Å². The van der Waals surface area contributed by atoms with Crippen molar-refractivity contribution in [2.45, 2.75) is 49.3 Å². The predicted octanol–water partition coefficient (Wildman–Crippen LogP) is 5.01. The molecule has 2 amide bonds. The van der Waals surface area contributed by atoms with Gasteiger partial charge in [0, 0.05) is 63.8 Å². The van der Waals surface area contributed by atoms with E-state index in [1.807, 2.05) is 0 Å². The van der Waals surface area contributed by atoms with Gasteiger partial charge < -0.3 is 20.9 Å². The lowest BCUT2D eigenvalue weighted by Crippen LogP contribution is -2.60. The molecule has 0 bridgehead atoms. The summed E-state index contributed by atoms with van der Waals surface area (Å²) in [6, 6.07) is 12.7. The van der Waals surface area contributed by atoms with Gasteiger partial charge in [0.05, 0.1) is 28.8 Å². The van der Waals surface area contributed by atoms with Gasteiger partial charge in [0.2, 0.25) is 5.91 Å². The lowest BCUT2D eigenvalue weighted by molar-refractivity contribution is -0.135. The molecule has 1 atom stereocenters. The van der Waals surface area contributed by atoms with Crippen molar-refractivity contribution in [3.05, 3.63) is 64.2 Å². The molecule has 2 aliphatic rings. The van der Waals surface area contributed by atoms with Crippen LogP contribution in [-0.4, -0.2) is 90.8 Å². The van der Waals surface area contributed by atoms with E-state index in [9.17, 15) is 22.8 Å². The second-order valence-electron chi connectivity index (χ2n) is 10.8. The predicted molar refractivity (Wildman–Crippen MR) is 158 cm³/mol. The number of nitrogens with two attached hydrogens (primary N) is 1. The van der Waals surface area contributed by atoms with Crippen LogP contribution >= 0.6 is 23.4 Å². The van der Waals surface area contributed by atoms with Gasteiger partial charge in [-0.2, -0.15) is 13.2 Å². The van der Waals surface area contributed by atoms with Crippen LogP contribution in [-0.2, 0) is 11.3 Å². The molecule has 12 heteroatoms. The van der Waals surface area contributed by atoms with Crippen LogP contribution in [0.15, 0.2) is 42.5 Å². The maximum absolute atomic E-state index is 13.2. The summed E-state index contributed by atoms with van der Waals surface area (Å²) in [5, 5.41) is 3.08. The zero-order valence-corrected chi connectivity index (χ0v) is 24.9.